The number of ether oxygens (including phenoxy) is 2. The summed E-state index contributed by atoms with van der Waals surface area (Å²) in [4.78, 5) is 12.1. The van der Waals surface area contributed by atoms with Crippen LogP contribution in [0.25, 0.3) is 0 Å². The van der Waals surface area contributed by atoms with Gasteiger partial charge in [-0.1, -0.05) is 24.3 Å². The monoisotopic (exact) mass is 276 g/mol. The Morgan fingerprint density at radius 3 is 2.80 bits per heavy atom. The summed E-state index contributed by atoms with van der Waals surface area (Å²) >= 11 is 0. The van der Waals surface area contributed by atoms with Gasteiger partial charge in [-0.3, -0.25) is 0 Å². The fourth-order valence-corrected chi connectivity index (χ4v) is 3.48. The second kappa shape index (κ2) is 4.04. The van der Waals surface area contributed by atoms with Gasteiger partial charge in [-0.05, 0) is 24.8 Å². The average molecular weight is 276 g/mol. The molecule has 5 nitrogen and oxygen atoms in total. The fraction of sp³-hybridized carbons (Fsp3) is 0.533. The summed E-state index contributed by atoms with van der Waals surface area (Å²) in [6.07, 6.45) is 6.50. The molecule has 2 aliphatic carbocycles. The Morgan fingerprint density at radius 2 is 2.00 bits per heavy atom. The third-order valence-corrected chi connectivity index (χ3v) is 4.61. The highest BCUT2D eigenvalue weighted by molar-refractivity contribution is 5.87. The van der Waals surface area contributed by atoms with Crippen molar-refractivity contribution in [2.24, 2.45) is 0 Å². The van der Waals surface area contributed by atoms with Crippen molar-refractivity contribution < 1.29 is 24.5 Å². The lowest BCUT2D eigenvalue weighted by Gasteiger charge is -2.28. The van der Waals surface area contributed by atoms with Crippen LogP contribution in [0.3, 0.4) is 0 Å². The molecule has 106 valence electrons. The number of hydrogen-bond donors (Lipinski definition) is 2. The molecular weight excluding hydrogens is 260 g/mol. The topological polar surface area (TPSA) is 79.3 Å². The normalized spacial score (nSPS) is 47.4. The fourth-order valence-electron chi connectivity index (χ4n) is 3.48. The Labute approximate surface area is 116 Å². The lowest BCUT2D eigenvalue weighted by Crippen LogP contribution is -2.32. The summed E-state index contributed by atoms with van der Waals surface area (Å²) in [6, 6.07) is 0. The van der Waals surface area contributed by atoms with Crippen LogP contribution in [0.4, 0.5) is 0 Å². The van der Waals surface area contributed by atoms with Crippen LogP contribution in [0.2, 0.25) is 0 Å². The second-order valence-electron chi connectivity index (χ2n) is 5.72. The maximum Gasteiger partial charge on any atom is 0.342 e. The molecule has 5 atom stereocenters. The van der Waals surface area contributed by atoms with E-state index in [9.17, 15) is 15.0 Å². The Morgan fingerprint density at radius 1 is 1.20 bits per heavy atom. The SMILES string of the molecule is O=C1O[C@H]2C3=C(C/C=C\CC[C@@]14O[C@@H]24)C(O)C=CC3O. The number of fused-ring (bicyclic) bond motifs is 1. The van der Waals surface area contributed by atoms with Crippen molar-refractivity contribution in [1.82, 2.24) is 0 Å². The van der Waals surface area contributed by atoms with E-state index < -0.39 is 23.9 Å². The smallest absolute Gasteiger partial charge is 0.342 e. The molecule has 4 aliphatic rings. The van der Waals surface area contributed by atoms with E-state index in [1.165, 1.54) is 6.08 Å². The van der Waals surface area contributed by atoms with Gasteiger partial charge in [0, 0.05) is 5.57 Å². The predicted octanol–water partition coefficient (Wildman–Crippen LogP) is 0.378. The Hall–Kier alpha value is -1.43. The van der Waals surface area contributed by atoms with E-state index in [1.54, 1.807) is 6.08 Å². The van der Waals surface area contributed by atoms with Crippen LogP contribution in [0.1, 0.15) is 19.3 Å². The van der Waals surface area contributed by atoms with E-state index in [0.29, 0.717) is 24.0 Å². The summed E-state index contributed by atoms with van der Waals surface area (Å²) in [7, 11) is 0. The predicted molar refractivity (Wildman–Crippen MR) is 68.7 cm³/mol. The number of aliphatic hydroxyl groups is 2. The van der Waals surface area contributed by atoms with E-state index in [0.717, 1.165) is 6.42 Å². The van der Waals surface area contributed by atoms with Gasteiger partial charge in [0.05, 0.1) is 12.2 Å². The van der Waals surface area contributed by atoms with E-state index in [1.807, 2.05) is 12.2 Å². The van der Waals surface area contributed by atoms with Gasteiger partial charge in [0.1, 0.15) is 6.10 Å². The summed E-state index contributed by atoms with van der Waals surface area (Å²) in [6.45, 7) is 0. The molecule has 5 heteroatoms. The van der Waals surface area contributed by atoms with Gasteiger partial charge in [-0.25, -0.2) is 4.79 Å². The van der Waals surface area contributed by atoms with Crippen molar-refractivity contribution in [2.75, 3.05) is 0 Å². The number of hydrogen-bond acceptors (Lipinski definition) is 5. The molecule has 0 radical (unpaired) electrons. The molecule has 2 saturated heterocycles. The van der Waals surface area contributed by atoms with Gasteiger partial charge in [-0.2, -0.15) is 0 Å². The van der Waals surface area contributed by atoms with Crippen molar-refractivity contribution >= 4 is 5.97 Å². The number of carbonyl (C=O) groups excluding carboxylic acids is 1. The third kappa shape index (κ3) is 1.51. The van der Waals surface area contributed by atoms with E-state index in [4.69, 9.17) is 9.47 Å². The van der Waals surface area contributed by atoms with E-state index >= 15 is 0 Å². The molecule has 2 bridgehead atoms. The highest BCUT2D eigenvalue weighted by Gasteiger charge is 2.73. The first-order chi connectivity index (χ1) is 9.63. The standard InChI is InChI=1S/C15H16O5/c16-9-5-6-10(17)11-8(9)4-2-1-3-7-15-13(20-15)12(11)19-14(15)18/h1-2,5-6,9-10,12-13,16-17H,3-4,7H2/b2-1-/t9?,10?,12-,13-,15-/m0/s1. The number of epoxide rings is 1. The van der Waals surface area contributed by atoms with Gasteiger partial charge >= 0.3 is 5.97 Å². The molecule has 2 aliphatic heterocycles. The highest BCUT2D eigenvalue weighted by atomic mass is 16.7. The largest absolute Gasteiger partial charge is 0.453 e. The van der Waals surface area contributed by atoms with Crippen LogP contribution in [-0.2, 0) is 14.3 Å². The first-order valence-corrected chi connectivity index (χ1v) is 6.95. The van der Waals surface area contributed by atoms with Gasteiger partial charge in [0.15, 0.2) is 11.7 Å². The first-order valence-electron chi connectivity index (χ1n) is 6.95. The zero-order valence-electron chi connectivity index (χ0n) is 10.9. The Kier molecular flexibility index (Phi) is 2.49. The van der Waals surface area contributed by atoms with Crippen LogP contribution in [0, 0.1) is 0 Å². The maximum atomic E-state index is 12.1. The van der Waals surface area contributed by atoms with Crippen LogP contribution < -0.4 is 0 Å². The number of carbonyl (C=O) groups is 1. The van der Waals surface area contributed by atoms with Crippen LogP contribution in [0.15, 0.2) is 35.5 Å². The number of rotatable bonds is 0. The van der Waals surface area contributed by atoms with E-state index in [-0.39, 0.29) is 12.1 Å². The van der Waals surface area contributed by atoms with Crippen molar-refractivity contribution in [2.45, 2.75) is 49.3 Å². The minimum Gasteiger partial charge on any atom is -0.453 e. The quantitative estimate of drug-likeness (QED) is 0.380. The summed E-state index contributed by atoms with van der Waals surface area (Å²) in [5.74, 6) is -0.342. The molecule has 0 spiro atoms. The minimum absolute atomic E-state index is 0.320. The van der Waals surface area contributed by atoms with E-state index in [2.05, 4.69) is 0 Å². The zero-order valence-corrected chi connectivity index (χ0v) is 10.9. The van der Waals surface area contributed by atoms with Gasteiger partial charge in [-0.15, -0.1) is 0 Å². The molecule has 0 aromatic carbocycles. The molecule has 2 heterocycles. The lowest BCUT2D eigenvalue weighted by molar-refractivity contribution is -0.152. The second-order valence-corrected chi connectivity index (χ2v) is 5.72. The molecule has 0 aromatic heterocycles. The highest BCUT2D eigenvalue weighted by Crippen LogP contribution is 2.53. The average Bonchev–Trinajstić information content (AvgIpc) is 3.10. The molecule has 0 saturated carbocycles. The van der Waals surface area contributed by atoms with Gasteiger partial charge < -0.3 is 19.7 Å². The summed E-state index contributed by atoms with van der Waals surface area (Å²) < 4.78 is 11.1. The van der Waals surface area contributed by atoms with Crippen LogP contribution >= 0.6 is 0 Å². The lowest BCUT2D eigenvalue weighted by atomic mass is 9.84. The van der Waals surface area contributed by atoms with Crippen molar-refractivity contribution in [3.8, 4) is 0 Å². The molecule has 0 amide bonds. The molecule has 0 aromatic rings. The van der Waals surface area contributed by atoms with Crippen molar-refractivity contribution in [3.63, 3.8) is 0 Å². The first kappa shape index (κ1) is 12.3. The summed E-state index contributed by atoms with van der Waals surface area (Å²) in [5.41, 5.74) is 0.475. The molecule has 2 unspecified atom stereocenters. The number of aliphatic hydroxyl groups excluding tert-OH is 2. The summed E-state index contributed by atoms with van der Waals surface area (Å²) in [5, 5.41) is 20.3. The molecule has 2 fully saturated rings. The molecule has 20 heavy (non-hydrogen) atoms. The molecule has 2 N–H and O–H groups in total. The molecule has 4 rings (SSSR count). The van der Waals surface area contributed by atoms with Crippen LogP contribution in [0.5, 0.6) is 0 Å². The number of esters is 1. The van der Waals surface area contributed by atoms with Gasteiger partial charge in [0.2, 0.25) is 0 Å². The Bertz CT molecular complexity index is 561. The van der Waals surface area contributed by atoms with Gasteiger partial charge in [0.25, 0.3) is 0 Å². The maximum absolute atomic E-state index is 12.1. The molecular formula is C15H16O5. The minimum atomic E-state index is -0.834. The third-order valence-electron chi connectivity index (χ3n) is 4.61. The van der Waals surface area contributed by atoms with Crippen molar-refractivity contribution in [3.05, 3.63) is 35.5 Å². The zero-order chi connectivity index (χ0) is 13.9. The van der Waals surface area contributed by atoms with Crippen LogP contribution in [-0.4, -0.2) is 46.2 Å². The Balaban J connectivity index is 1.81. The number of allylic oxidation sites excluding steroid dienone is 2. The van der Waals surface area contributed by atoms with Crippen molar-refractivity contribution in [1.29, 1.82) is 0 Å².